The first-order chi connectivity index (χ1) is 7.34. The van der Waals surface area contributed by atoms with Gasteiger partial charge in [-0.1, -0.05) is 30.3 Å². The van der Waals surface area contributed by atoms with Crippen LogP contribution in [-0.4, -0.2) is 9.78 Å². The molecule has 0 bridgehead atoms. The first-order valence-electron chi connectivity index (χ1n) is 4.64. The van der Waals surface area contributed by atoms with Gasteiger partial charge >= 0.3 is 0 Å². The van der Waals surface area contributed by atoms with Crippen molar-refractivity contribution in [2.75, 3.05) is 0 Å². The highest BCUT2D eigenvalue weighted by Gasteiger charge is 1.95. The van der Waals surface area contributed by atoms with Gasteiger partial charge in [0.15, 0.2) is 0 Å². The third-order valence-electron chi connectivity index (χ3n) is 1.94. The van der Waals surface area contributed by atoms with Crippen molar-refractivity contribution < 1.29 is 4.74 Å². The summed E-state index contributed by atoms with van der Waals surface area (Å²) in [7, 11) is 0. The average molecular weight is 314 g/mol. The maximum Gasteiger partial charge on any atom is 0.139 e. The molecule has 1 heterocycles. The third kappa shape index (κ3) is 3.32. The van der Waals surface area contributed by atoms with Gasteiger partial charge in [-0.2, -0.15) is 5.10 Å². The molecule has 0 saturated carbocycles. The Kier molecular flexibility index (Phi) is 3.74. The Morgan fingerprint density at radius 1 is 1.27 bits per heavy atom. The predicted octanol–water partition coefficient (Wildman–Crippen LogP) is 2.66. The highest BCUT2D eigenvalue weighted by atomic mass is 127. The van der Waals surface area contributed by atoms with Crippen LogP contribution in [0, 0.1) is 3.57 Å². The van der Waals surface area contributed by atoms with Crippen molar-refractivity contribution in [3.63, 3.8) is 0 Å². The molecule has 1 aromatic carbocycles. The topological polar surface area (TPSA) is 27.1 Å². The van der Waals surface area contributed by atoms with E-state index in [1.807, 2.05) is 42.7 Å². The lowest BCUT2D eigenvalue weighted by Gasteiger charge is -2.03. The highest BCUT2D eigenvalue weighted by molar-refractivity contribution is 14.1. The maximum absolute atomic E-state index is 5.52. The average Bonchev–Trinajstić information content (AvgIpc) is 2.66. The van der Waals surface area contributed by atoms with Gasteiger partial charge in [-0.15, -0.1) is 0 Å². The van der Waals surface area contributed by atoms with Gasteiger partial charge in [0, 0.05) is 6.20 Å². The van der Waals surface area contributed by atoms with Crippen LogP contribution in [0.25, 0.3) is 0 Å². The summed E-state index contributed by atoms with van der Waals surface area (Å²) in [5.41, 5.74) is 1.18. The van der Waals surface area contributed by atoms with Crippen molar-refractivity contribution in [2.45, 2.75) is 13.3 Å². The van der Waals surface area contributed by atoms with Gasteiger partial charge in [0.25, 0.3) is 0 Å². The highest BCUT2D eigenvalue weighted by Crippen LogP contribution is 2.03. The summed E-state index contributed by atoms with van der Waals surface area (Å²) in [6, 6.07) is 10.1. The zero-order chi connectivity index (χ0) is 10.5. The zero-order valence-corrected chi connectivity index (χ0v) is 10.3. The standard InChI is InChI=1S/C11H11IN2O/c12-11-6-13-14(7-11)9-15-8-10-4-2-1-3-5-10/h1-7H,8-9H2. The molecule has 0 N–H and O–H groups in total. The van der Waals surface area contributed by atoms with Crippen molar-refractivity contribution in [2.24, 2.45) is 0 Å². The number of halogens is 1. The molecule has 0 unspecified atom stereocenters. The second-order valence-corrected chi connectivity index (χ2v) is 4.41. The fraction of sp³-hybridized carbons (Fsp3) is 0.182. The lowest BCUT2D eigenvalue weighted by molar-refractivity contribution is 0.0561. The number of ether oxygens (including phenoxy) is 1. The van der Waals surface area contributed by atoms with Crippen LogP contribution in [0.15, 0.2) is 42.7 Å². The summed E-state index contributed by atoms with van der Waals surface area (Å²) in [5.74, 6) is 0. The van der Waals surface area contributed by atoms with E-state index >= 15 is 0 Å². The molecule has 2 aromatic rings. The molecule has 0 aliphatic rings. The van der Waals surface area contributed by atoms with E-state index in [0.717, 1.165) is 3.57 Å². The SMILES string of the molecule is Ic1cnn(COCc2ccccc2)c1. The molecule has 4 heteroatoms. The molecule has 0 atom stereocenters. The summed E-state index contributed by atoms with van der Waals surface area (Å²) in [6.45, 7) is 1.12. The lowest BCUT2D eigenvalue weighted by atomic mass is 10.2. The molecule has 0 saturated heterocycles. The Balaban J connectivity index is 1.80. The van der Waals surface area contributed by atoms with Crippen LogP contribution < -0.4 is 0 Å². The molecule has 3 nitrogen and oxygen atoms in total. The van der Waals surface area contributed by atoms with E-state index in [-0.39, 0.29) is 0 Å². The van der Waals surface area contributed by atoms with E-state index < -0.39 is 0 Å². The van der Waals surface area contributed by atoms with Gasteiger partial charge in [-0.05, 0) is 28.2 Å². The van der Waals surface area contributed by atoms with Crippen LogP contribution in [0.2, 0.25) is 0 Å². The van der Waals surface area contributed by atoms with Crippen LogP contribution in [0.3, 0.4) is 0 Å². The van der Waals surface area contributed by atoms with Crippen LogP contribution in [0.1, 0.15) is 5.56 Å². The minimum atomic E-state index is 0.498. The van der Waals surface area contributed by atoms with Crippen LogP contribution in [-0.2, 0) is 18.1 Å². The number of nitrogens with zero attached hydrogens (tertiary/aromatic N) is 2. The Morgan fingerprint density at radius 2 is 2.07 bits per heavy atom. The van der Waals surface area contributed by atoms with Crippen molar-refractivity contribution in [3.8, 4) is 0 Å². The van der Waals surface area contributed by atoms with Crippen molar-refractivity contribution in [1.29, 1.82) is 0 Å². The largest absolute Gasteiger partial charge is 0.355 e. The second kappa shape index (κ2) is 5.27. The second-order valence-electron chi connectivity index (χ2n) is 3.16. The molecule has 0 fully saturated rings. The Hall–Kier alpha value is -0.880. The Bertz CT molecular complexity index is 414. The van der Waals surface area contributed by atoms with Gasteiger partial charge in [0.05, 0.1) is 16.4 Å². The monoisotopic (exact) mass is 314 g/mol. The number of benzene rings is 1. The molecule has 0 amide bonds. The molecule has 1 aromatic heterocycles. The van der Waals surface area contributed by atoms with E-state index in [4.69, 9.17) is 4.74 Å². The van der Waals surface area contributed by atoms with Crippen molar-refractivity contribution >= 4 is 22.6 Å². The third-order valence-corrected chi connectivity index (χ3v) is 2.49. The van der Waals surface area contributed by atoms with Crippen LogP contribution >= 0.6 is 22.6 Å². The molecule has 78 valence electrons. The van der Waals surface area contributed by atoms with Crippen molar-refractivity contribution in [1.82, 2.24) is 9.78 Å². The molecule has 15 heavy (non-hydrogen) atoms. The number of hydrogen-bond acceptors (Lipinski definition) is 2. The van der Waals surface area contributed by atoms with E-state index in [2.05, 4.69) is 27.7 Å². The minimum Gasteiger partial charge on any atom is -0.355 e. The Morgan fingerprint density at radius 3 is 2.73 bits per heavy atom. The van der Waals surface area contributed by atoms with Gasteiger partial charge < -0.3 is 4.74 Å². The minimum absolute atomic E-state index is 0.498. The van der Waals surface area contributed by atoms with Gasteiger partial charge in [0.1, 0.15) is 6.73 Å². The molecular weight excluding hydrogens is 303 g/mol. The van der Waals surface area contributed by atoms with Gasteiger partial charge in [0.2, 0.25) is 0 Å². The molecule has 0 aliphatic carbocycles. The quantitative estimate of drug-likeness (QED) is 0.811. The summed E-state index contributed by atoms with van der Waals surface area (Å²) in [4.78, 5) is 0. The van der Waals surface area contributed by atoms with Crippen LogP contribution in [0.5, 0.6) is 0 Å². The summed E-state index contributed by atoms with van der Waals surface area (Å²) >= 11 is 2.23. The molecule has 2 rings (SSSR count). The fourth-order valence-electron chi connectivity index (χ4n) is 1.24. The Labute approximate surface area is 102 Å². The van der Waals surface area contributed by atoms with Crippen molar-refractivity contribution in [3.05, 3.63) is 51.9 Å². The van der Waals surface area contributed by atoms with E-state index in [1.54, 1.807) is 4.68 Å². The molecule has 0 aliphatic heterocycles. The molecular formula is C11H11IN2O. The van der Waals surface area contributed by atoms with Gasteiger partial charge in [-0.25, -0.2) is 4.68 Å². The van der Waals surface area contributed by atoms with Crippen LogP contribution in [0.4, 0.5) is 0 Å². The lowest BCUT2D eigenvalue weighted by Crippen LogP contribution is -2.02. The molecule has 0 spiro atoms. The number of hydrogen-bond donors (Lipinski definition) is 0. The normalized spacial score (nSPS) is 10.5. The number of aromatic nitrogens is 2. The predicted molar refractivity (Wildman–Crippen MR) is 66.2 cm³/mol. The summed E-state index contributed by atoms with van der Waals surface area (Å²) in [6.07, 6.45) is 3.76. The molecule has 0 radical (unpaired) electrons. The number of rotatable bonds is 4. The van der Waals surface area contributed by atoms with E-state index in [1.165, 1.54) is 5.56 Å². The summed E-state index contributed by atoms with van der Waals surface area (Å²) < 4.78 is 8.42. The van der Waals surface area contributed by atoms with E-state index in [0.29, 0.717) is 13.3 Å². The van der Waals surface area contributed by atoms with E-state index in [9.17, 15) is 0 Å². The zero-order valence-electron chi connectivity index (χ0n) is 8.14. The van der Waals surface area contributed by atoms with Gasteiger partial charge in [-0.3, -0.25) is 0 Å². The smallest absolute Gasteiger partial charge is 0.139 e. The fourth-order valence-corrected chi connectivity index (χ4v) is 1.69. The maximum atomic E-state index is 5.52. The first-order valence-corrected chi connectivity index (χ1v) is 5.72. The first kappa shape index (κ1) is 10.6. The summed E-state index contributed by atoms with van der Waals surface area (Å²) in [5, 5.41) is 4.13.